The van der Waals surface area contributed by atoms with E-state index in [9.17, 15) is 9.59 Å². The van der Waals surface area contributed by atoms with Crippen LogP contribution in [-0.4, -0.2) is 67.2 Å². The fraction of sp³-hybridized carbons (Fsp3) is 0.464. The van der Waals surface area contributed by atoms with Gasteiger partial charge in [-0.15, -0.1) is 0 Å². The van der Waals surface area contributed by atoms with Crippen LogP contribution in [0, 0.1) is 0 Å². The third-order valence-corrected chi connectivity index (χ3v) is 6.16. The van der Waals surface area contributed by atoms with Gasteiger partial charge in [0.2, 0.25) is 11.7 Å². The zero-order valence-corrected chi connectivity index (χ0v) is 22.5. The Labute approximate surface area is 218 Å². The predicted molar refractivity (Wildman–Crippen MR) is 144 cm³/mol. The lowest BCUT2D eigenvalue weighted by Crippen LogP contribution is -2.35. The molecule has 200 valence electrons. The first kappa shape index (κ1) is 27.8. The lowest BCUT2D eigenvalue weighted by Gasteiger charge is -2.22. The fourth-order valence-corrected chi connectivity index (χ4v) is 4.39. The Morgan fingerprint density at radius 1 is 0.973 bits per heavy atom. The summed E-state index contributed by atoms with van der Waals surface area (Å²) < 4.78 is 18.0. The molecule has 0 aliphatic carbocycles. The number of hydrogen-bond acceptors (Lipinski definition) is 6. The van der Waals surface area contributed by atoms with Gasteiger partial charge in [0, 0.05) is 31.6 Å². The molecule has 1 heterocycles. The maximum atomic E-state index is 13.1. The standard InChI is InChI=1S/C28H38N4O5/c1-6-15-31(16-7-2)26(33)19-32-22-12-9-8-11-21(22)30-25(32)13-10-14-29-28(34)20-17-23(35-3)27(37-5)24(18-20)36-4/h8-9,11-12,17-18H,6-7,10,13-16,19H2,1-5H3,(H,29,34). The summed E-state index contributed by atoms with van der Waals surface area (Å²) in [4.78, 5) is 32.6. The molecule has 9 nitrogen and oxygen atoms in total. The third-order valence-electron chi connectivity index (χ3n) is 6.16. The monoisotopic (exact) mass is 510 g/mol. The molecule has 0 saturated carbocycles. The van der Waals surface area contributed by atoms with Crippen molar-refractivity contribution >= 4 is 22.8 Å². The number of methoxy groups -OCH3 is 3. The van der Waals surface area contributed by atoms with Gasteiger partial charge >= 0.3 is 0 Å². The van der Waals surface area contributed by atoms with Gasteiger partial charge < -0.3 is 29.0 Å². The third kappa shape index (κ3) is 6.72. The Bertz CT molecular complexity index is 1180. The molecular weight excluding hydrogens is 472 g/mol. The van der Waals surface area contributed by atoms with Crippen molar-refractivity contribution in [1.29, 1.82) is 0 Å². The zero-order chi connectivity index (χ0) is 26.8. The molecule has 37 heavy (non-hydrogen) atoms. The number of imidazole rings is 1. The predicted octanol–water partition coefficient (Wildman–Crippen LogP) is 4.07. The summed E-state index contributed by atoms with van der Waals surface area (Å²) in [6.07, 6.45) is 3.14. The second-order valence-electron chi connectivity index (χ2n) is 8.76. The second-order valence-corrected chi connectivity index (χ2v) is 8.76. The number of ether oxygens (including phenoxy) is 3. The first-order valence-electron chi connectivity index (χ1n) is 12.8. The normalized spacial score (nSPS) is 10.8. The van der Waals surface area contributed by atoms with Crippen LogP contribution >= 0.6 is 0 Å². The van der Waals surface area contributed by atoms with Gasteiger partial charge in [-0.05, 0) is 43.5 Å². The van der Waals surface area contributed by atoms with Crippen LogP contribution < -0.4 is 19.5 Å². The summed E-state index contributed by atoms with van der Waals surface area (Å²) in [6, 6.07) is 11.1. The highest BCUT2D eigenvalue weighted by Crippen LogP contribution is 2.38. The number of nitrogens with one attached hydrogen (secondary N) is 1. The molecule has 0 atom stereocenters. The van der Waals surface area contributed by atoms with E-state index in [0.29, 0.717) is 42.2 Å². The summed E-state index contributed by atoms with van der Waals surface area (Å²) in [6.45, 7) is 6.38. The van der Waals surface area contributed by atoms with Gasteiger partial charge in [0.15, 0.2) is 11.5 Å². The largest absolute Gasteiger partial charge is 0.493 e. The molecule has 0 radical (unpaired) electrons. The summed E-state index contributed by atoms with van der Waals surface area (Å²) in [5, 5.41) is 2.95. The van der Waals surface area contributed by atoms with E-state index < -0.39 is 0 Å². The average molecular weight is 511 g/mol. The molecule has 2 aromatic carbocycles. The molecular formula is C28H38N4O5. The number of aryl methyl sites for hydroxylation is 1. The Kier molecular flexibility index (Phi) is 10.2. The molecule has 0 saturated heterocycles. The summed E-state index contributed by atoms with van der Waals surface area (Å²) in [5.41, 5.74) is 2.23. The molecule has 2 amide bonds. The highest BCUT2D eigenvalue weighted by atomic mass is 16.5. The molecule has 0 aliphatic heterocycles. The van der Waals surface area contributed by atoms with Gasteiger partial charge in [-0.3, -0.25) is 9.59 Å². The maximum Gasteiger partial charge on any atom is 0.251 e. The van der Waals surface area contributed by atoms with E-state index in [2.05, 4.69) is 19.2 Å². The molecule has 3 aromatic rings. The first-order valence-corrected chi connectivity index (χ1v) is 12.8. The van der Waals surface area contributed by atoms with Gasteiger partial charge in [-0.25, -0.2) is 4.98 Å². The van der Waals surface area contributed by atoms with Crippen LogP contribution in [0.2, 0.25) is 0 Å². The SMILES string of the molecule is CCCN(CCC)C(=O)Cn1c(CCCNC(=O)c2cc(OC)c(OC)c(OC)c2)nc2ccccc21. The number of carbonyl (C=O) groups is 2. The average Bonchev–Trinajstić information content (AvgIpc) is 3.26. The van der Waals surface area contributed by atoms with Gasteiger partial charge in [0.1, 0.15) is 12.4 Å². The van der Waals surface area contributed by atoms with Gasteiger partial charge in [-0.2, -0.15) is 0 Å². The molecule has 1 N–H and O–H groups in total. The summed E-state index contributed by atoms with van der Waals surface area (Å²) in [5.74, 6) is 1.98. The molecule has 0 aliphatic rings. The number of rotatable bonds is 14. The van der Waals surface area contributed by atoms with E-state index in [1.807, 2.05) is 33.7 Å². The van der Waals surface area contributed by atoms with Gasteiger partial charge in [-0.1, -0.05) is 26.0 Å². The summed E-state index contributed by atoms with van der Waals surface area (Å²) >= 11 is 0. The van der Waals surface area contributed by atoms with Crippen LogP contribution in [0.4, 0.5) is 0 Å². The van der Waals surface area contributed by atoms with Crippen LogP contribution in [0.25, 0.3) is 11.0 Å². The molecule has 0 fully saturated rings. The van der Waals surface area contributed by atoms with E-state index in [0.717, 1.165) is 42.8 Å². The van der Waals surface area contributed by atoms with E-state index in [1.165, 1.54) is 21.3 Å². The minimum absolute atomic E-state index is 0.101. The Balaban J connectivity index is 1.69. The van der Waals surface area contributed by atoms with Crippen molar-refractivity contribution in [3.8, 4) is 17.2 Å². The second kappa shape index (κ2) is 13.5. The number of amides is 2. The number of nitrogens with zero attached hydrogens (tertiary/aromatic N) is 3. The fourth-order valence-electron chi connectivity index (χ4n) is 4.39. The van der Waals surface area contributed by atoms with Crippen LogP contribution in [-0.2, 0) is 17.8 Å². The van der Waals surface area contributed by atoms with Crippen LogP contribution in [0.5, 0.6) is 17.2 Å². The molecule has 0 unspecified atom stereocenters. The molecule has 3 rings (SSSR count). The minimum atomic E-state index is -0.238. The molecule has 1 aromatic heterocycles. The van der Waals surface area contributed by atoms with Crippen molar-refractivity contribution in [3.05, 3.63) is 47.8 Å². The molecule has 0 spiro atoms. The molecule has 0 bridgehead atoms. The highest BCUT2D eigenvalue weighted by Gasteiger charge is 2.19. The zero-order valence-electron chi connectivity index (χ0n) is 22.5. The highest BCUT2D eigenvalue weighted by molar-refractivity contribution is 5.95. The molecule has 9 heteroatoms. The number of carbonyl (C=O) groups excluding carboxylic acids is 2. The Hall–Kier alpha value is -3.75. The lowest BCUT2D eigenvalue weighted by atomic mass is 10.1. The lowest BCUT2D eigenvalue weighted by molar-refractivity contribution is -0.131. The Morgan fingerprint density at radius 3 is 2.22 bits per heavy atom. The van der Waals surface area contributed by atoms with Crippen LogP contribution in [0.15, 0.2) is 36.4 Å². The summed E-state index contributed by atoms with van der Waals surface area (Å²) in [7, 11) is 4.55. The van der Waals surface area contributed by atoms with Crippen molar-refractivity contribution < 1.29 is 23.8 Å². The van der Waals surface area contributed by atoms with Crippen molar-refractivity contribution in [2.45, 2.75) is 46.1 Å². The Morgan fingerprint density at radius 2 is 1.62 bits per heavy atom. The van der Waals surface area contributed by atoms with E-state index >= 15 is 0 Å². The minimum Gasteiger partial charge on any atom is -0.493 e. The van der Waals surface area contributed by atoms with Crippen molar-refractivity contribution in [1.82, 2.24) is 19.8 Å². The van der Waals surface area contributed by atoms with Crippen molar-refractivity contribution in [2.75, 3.05) is 41.0 Å². The number of hydrogen-bond donors (Lipinski definition) is 1. The van der Waals surface area contributed by atoms with Gasteiger partial charge in [0.25, 0.3) is 5.91 Å². The maximum absolute atomic E-state index is 13.1. The van der Waals surface area contributed by atoms with Crippen LogP contribution in [0.3, 0.4) is 0 Å². The van der Waals surface area contributed by atoms with Crippen molar-refractivity contribution in [2.24, 2.45) is 0 Å². The van der Waals surface area contributed by atoms with Gasteiger partial charge in [0.05, 0.1) is 32.4 Å². The number of para-hydroxylation sites is 2. The smallest absolute Gasteiger partial charge is 0.251 e. The van der Waals surface area contributed by atoms with E-state index in [4.69, 9.17) is 19.2 Å². The first-order chi connectivity index (χ1) is 18.0. The number of benzene rings is 2. The number of fused-ring (bicyclic) bond motifs is 1. The number of aromatic nitrogens is 2. The van der Waals surface area contributed by atoms with Crippen molar-refractivity contribution in [3.63, 3.8) is 0 Å². The topological polar surface area (TPSA) is 94.9 Å². The quantitative estimate of drug-likeness (QED) is 0.329. The van der Waals surface area contributed by atoms with E-state index in [-0.39, 0.29) is 18.4 Å². The van der Waals surface area contributed by atoms with E-state index in [1.54, 1.807) is 12.1 Å². The van der Waals surface area contributed by atoms with Crippen LogP contribution in [0.1, 0.15) is 49.3 Å².